The Kier molecular flexibility index (Phi) is 8.66. The van der Waals surface area contributed by atoms with Gasteiger partial charge in [0.2, 0.25) is 5.95 Å². The molecule has 1 aromatic heterocycles. The summed E-state index contributed by atoms with van der Waals surface area (Å²) in [6.07, 6.45) is 4.51. The van der Waals surface area contributed by atoms with Gasteiger partial charge in [0.25, 0.3) is 0 Å². The molecular weight excluding hydrogens is 238 g/mol. The Morgan fingerprint density at radius 2 is 1.95 bits per heavy atom. The zero-order chi connectivity index (χ0) is 14.8. The molecule has 0 radical (unpaired) electrons. The number of nitrogens with two attached hydrogens (primary N) is 2. The first-order valence-corrected chi connectivity index (χ1v) is 7.24. The smallest absolute Gasteiger partial charge is 0.230 e. The summed E-state index contributed by atoms with van der Waals surface area (Å²) in [5, 5.41) is 0. The predicted molar refractivity (Wildman–Crippen MR) is 82.6 cm³/mol. The van der Waals surface area contributed by atoms with Crippen LogP contribution in [0.5, 0.6) is 0 Å². The molecule has 0 saturated heterocycles. The largest absolute Gasteiger partial charge is 0.370 e. The summed E-state index contributed by atoms with van der Waals surface area (Å²) in [7, 11) is 0. The van der Waals surface area contributed by atoms with Crippen LogP contribution in [-0.2, 0) is 12.8 Å². The van der Waals surface area contributed by atoms with Crippen LogP contribution >= 0.6 is 0 Å². The van der Waals surface area contributed by atoms with Crippen molar-refractivity contribution in [2.75, 3.05) is 0 Å². The molecule has 5 nitrogen and oxygen atoms in total. The molecule has 1 atom stereocenters. The second-order valence-electron chi connectivity index (χ2n) is 4.58. The number of aryl methyl sites for hydroxylation is 1. The van der Waals surface area contributed by atoms with E-state index < -0.39 is 0 Å². The van der Waals surface area contributed by atoms with Gasteiger partial charge in [-0.3, -0.25) is 0 Å². The summed E-state index contributed by atoms with van der Waals surface area (Å²) in [6, 6.07) is 0. The third-order valence-electron chi connectivity index (χ3n) is 2.51. The highest BCUT2D eigenvalue weighted by Crippen LogP contribution is 2.25. The molecule has 0 fully saturated rings. The Labute approximate surface area is 116 Å². The molecule has 0 aliphatic heterocycles. The lowest BCUT2D eigenvalue weighted by Gasteiger charge is -2.15. The van der Waals surface area contributed by atoms with Gasteiger partial charge in [-0.1, -0.05) is 41.0 Å². The van der Waals surface area contributed by atoms with Crippen LogP contribution in [0.1, 0.15) is 58.8 Å². The first kappa shape index (κ1) is 17.5. The number of H-pyrrole nitrogens is 1. The monoisotopic (exact) mass is 267 g/mol. The lowest BCUT2D eigenvalue weighted by molar-refractivity contribution is 0.492. The molecule has 1 unspecified atom stereocenters. The van der Waals surface area contributed by atoms with Gasteiger partial charge in [-0.15, -0.1) is 0 Å². The number of aromatic nitrogens is 2. The molecular formula is C14H29N5. The van der Waals surface area contributed by atoms with Gasteiger partial charge in [-0.25, -0.2) is 4.98 Å². The minimum absolute atomic E-state index is 0.0455. The van der Waals surface area contributed by atoms with Crippen molar-refractivity contribution in [1.29, 1.82) is 0 Å². The average molecular weight is 267 g/mol. The topological polar surface area (TPSA) is 93.1 Å². The summed E-state index contributed by atoms with van der Waals surface area (Å²) in [4.78, 5) is 11.4. The van der Waals surface area contributed by atoms with E-state index in [1.807, 2.05) is 13.8 Å². The van der Waals surface area contributed by atoms with Crippen molar-refractivity contribution in [2.24, 2.45) is 22.4 Å². The molecule has 1 aromatic rings. The number of aliphatic imine (C=N–C) groups is 1. The minimum atomic E-state index is 0.0455. The molecule has 0 saturated carbocycles. The molecule has 0 aromatic carbocycles. The van der Waals surface area contributed by atoms with Gasteiger partial charge in [0.1, 0.15) is 0 Å². The number of hydrogen-bond donors (Lipinski definition) is 3. The second kappa shape index (κ2) is 9.42. The molecule has 0 amide bonds. The van der Waals surface area contributed by atoms with Crippen molar-refractivity contribution in [2.45, 2.75) is 60.3 Å². The van der Waals surface area contributed by atoms with Crippen LogP contribution in [0.4, 0.5) is 5.95 Å². The molecule has 0 bridgehead atoms. The summed E-state index contributed by atoms with van der Waals surface area (Å²) < 4.78 is 0. The molecule has 1 heterocycles. The summed E-state index contributed by atoms with van der Waals surface area (Å²) >= 11 is 0. The van der Waals surface area contributed by atoms with Gasteiger partial charge in [-0.05, 0) is 25.2 Å². The van der Waals surface area contributed by atoms with Crippen LogP contribution in [0.2, 0.25) is 0 Å². The Hall–Kier alpha value is -1.52. The molecule has 1 aliphatic carbocycles. The first-order chi connectivity index (χ1) is 9.06. The number of guanidine groups is 1. The Morgan fingerprint density at radius 1 is 1.37 bits per heavy atom. The molecule has 110 valence electrons. The van der Waals surface area contributed by atoms with Crippen LogP contribution in [-0.4, -0.2) is 15.9 Å². The third kappa shape index (κ3) is 6.27. The van der Waals surface area contributed by atoms with Crippen LogP contribution in [0.3, 0.4) is 0 Å². The quantitative estimate of drug-likeness (QED) is 0.539. The Bertz CT molecular complexity index is 377. The molecule has 19 heavy (non-hydrogen) atoms. The summed E-state index contributed by atoms with van der Waals surface area (Å²) in [5.74, 6) is 1.29. The number of nitrogens with one attached hydrogen (secondary N) is 1. The standard InChI is InChI=1S/C9H15N5.C3H8.C2H6/c1-5-2-3-6-7(4-5)13-9(12-6)14-8(10)11;1-3-2;1-2/h5H,2-4H2,1H3,(H5,10,11,12,13,14);3H2,1-2H3;1-2H3. The lowest BCUT2D eigenvalue weighted by Crippen LogP contribution is -2.22. The number of fused-ring (bicyclic) bond motifs is 1. The molecule has 5 heteroatoms. The van der Waals surface area contributed by atoms with E-state index in [0.717, 1.165) is 24.5 Å². The zero-order valence-electron chi connectivity index (χ0n) is 13.0. The van der Waals surface area contributed by atoms with E-state index in [0.29, 0.717) is 5.95 Å². The molecule has 5 N–H and O–H groups in total. The van der Waals surface area contributed by atoms with Crippen LogP contribution in [0.25, 0.3) is 0 Å². The second-order valence-corrected chi connectivity index (χ2v) is 4.58. The van der Waals surface area contributed by atoms with E-state index >= 15 is 0 Å². The summed E-state index contributed by atoms with van der Waals surface area (Å²) in [5.41, 5.74) is 12.9. The summed E-state index contributed by atoms with van der Waals surface area (Å²) in [6.45, 7) is 10.5. The van der Waals surface area contributed by atoms with Crippen molar-refractivity contribution in [3.63, 3.8) is 0 Å². The van der Waals surface area contributed by atoms with Crippen LogP contribution in [0, 0.1) is 5.92 Å². The van der Waals surface area contributed by atoms with Crippen molar-refractivity contribution in [3.05, 3.63) is 11.4 Å². The maximum atomic E-state index is 5.28. The highest BCUT2D eigenvalue weighted by molar-refractivity contribution is 5.77. The fourth-order valence-electron chi connectivity index (χ4n) is 1.81. The first-order valence-electron chi connectivity index (χ1n) is 7.24. The zero-order valence-corrected chi connectivity index (χ0v) is 13.0. The predicted octanol–water partition coefficient (Wildman–Crippen LogP) is 2.88. The van der Waals surface area contributed by atoms with E-state index in [4.69, 9.17) is 11.5 Å². The van der Waals surface area contributed by atoms with Crippen molar-refractivity contribution >= 4 is 11.9 Å². The molecule has 0 spiro atoms. The van der Waals surface area contributed by atoms with E-state index in [1.165, 1.54) is 18.5 Å². The van der Waals surface area contributed by atoms with E-state index in [1.54, 1.807) is 0 Å². The van der Waals surface area contributed by atoms with E-state index in [9.17, 15) is 0 Å². The molecule has 2 rings (SSSR count). The number of aromatic amines is 1. The van der Waals surface area contributed by atoms with Crippen LogP contribution in [0.15, 0.2) is 4.99 Å². The highest BCUT2D eigenvalue weighted by atomic mass is 15.1. The van der Waals surface area contributed by atoms with Crippen molar-refractivity contribution in [3.8, 4) is 0 Å². The van der Waals surface area contributed by atoms with Gasteiger partial charge >= 0.3 is 0 Å². The number of hydrogen-bond acceptors (Lipinski definition) is 2. The van der Waals surface area contributed by atoms with Gasteiger partial charge in [0, 0.05) is 5.69 Å². The normalized spacial score (nSPS) is 16.2. The number of imidazole rings is 1. The fraction of sp³-hybridized carbons (Fsp3) is 0.714. The maximum Gasteiger partial charge on any atom is 0.230 e. The average Bonchev–Trinajstić information content (AvgIpc) is 2.73. The third-order valence-corrected chi connectivity index (χ3v) is 2.51. The fourth-order valence-corrected chi connectivity index (χ4v) is 1.81. The Balaban J connectivity index is 0.000000573. The SMILES string of the molecule is CC.CC1CCc2nc(N=C(N)N)[nH]c2C1.CCC. The maximum absolute atomic E-state index is 5.28. The van der Waals surface area contributed by atoms with Crippen molar-refractivity contribution in [1.82, 2.24) is 9.97 Å². The van der Waals surface area contributed by atoms with Gasteiger partial charge < -0.3 is 16.5 Å². The van der Waals surface area contributed by atoms with E-state index in [2.05, 4.69) is 35.7 Å². The lowest BCUT2D eigenvalue weighted by atomic mass is 9.92. The Morgan fingerprint density at radius 3 is 2.47 bits per heavy atom. The van der Waals surface area contributed by atoms with Crippen molar-refractivity contribution < 1.29 is 0 Å². The number of nitrogens with zero attached hydrogens (tertiary/aromatic N) is 2. The minimum Gasteiger partial charge on any atom is -0.370 e. The van der Waals surface area contributed by atoms with Gasteiger partial charge in [0.05, 0.1) is 5.69 Å². The van der Waals surface area contributed by atoms with Crippen LogP contribution < -0.4 is 11.5 Å². The highest BCUT2D eigenvalue weighted by Gasteiger charge is 2.18. The van der Waals surface area contributed by atoms with E-state index in [-0.39, 0.29) is 5.96 Å². The van der Waals surface area contributed by atoms with Gasteiger partial charge in [0.15, 0.2) is 5.96 Å². The van der Waals surface area contributed by atoms with Gasteiger partial charge in [-0.2, -0.15) is 4.99 Å². The number of rotatable bonds is 1. The molecule has 1 aliphatic rings.